The van der Waals surface area contributed by atoms with Crippen molar-refractivity contribution in [3.8, 4) is 0 Å². The van der Waals surface area contributed by atoms with Crippen molar-refractivity contribution in [3.05, 3.63) is 52.7 Å². The van der Waals surface area contributed by atoms with E-state index in [1.165, 1.54) is 24.0 Å². The standard InChI is InChI=1S/C18H19N3O2S/c1-4-21(10-13-8-6-5-7-9-13)16-14-12(2)15(18(22)23-3)24-17(14)20-11-19-16/h5-9,11H,4,10H2,1-3H3. The van der Waals surface area contributed by atoms with E-state index >= 15 is 0 Å². The summed E-state index contributed by atoms with van der Waals surface area (Å²) in [7, 11) is 1.40. The molecular weight excluding hydrogens is 322 g/mol. The molecule has 0 saturated heterocycles. The Hall–Kier alpha value is -2.47. The van der Waals surface area contributed by atoms with Gasteiger partial charge in [0, 0.05) is 13.1 Å². The molecule has 2 heterocycles. The minimum atomic E-state index is -0.326. The van der Waals surface area contributed by atoms with E-state index < -0.39 is 0 Å². The predicted molar refractivity (Wildman–Crippen MR) is 96.7 cm³/mol. The van der Waals surface area contributed by atoms with Crippen LogP contribution in [0.15, 0.2) is 36.7 Å². The van der Waals surface area contributed by atoms with Gasteiger partial charge in [-0.05, 0) is 25.0 Å². The van der Waals surface area contributed by atoms with Gasteiger partial charge in [-0.25, -0.2) is 14.8 Å². The lowest BCUT2D eigenvalue weighted by Gasteiger charge is -2.23. The van der Waals surface area contributed by atoms with E-state index in [9.17, 15) is 4.79 Å². The monoisotopic (exact) mass is 341 g/mol. The van der Waals surface area contributed by atoms with Gasteiger partial charge in [-0.2, -0.15) is 0 Å². The van der Waals surface area contributed by atoms with Gasteiger partial charge in [0.25, 0.3) is 0 Å². The molecule has 0 aliphatic rings. The first kappa shape index (κ1) is 16.4. The fourth-order valence-electron chi connectivity index (χ4n) is 2.72. The van der Waals surface area contributed by atoms with E-state index in [1.807, 2.05) is 25.1 Å². The molecule has 2 aromatic heterocycles. The second-order valence-electron chi connectivity index (χ2n) is 5.42. The van der Waals surface area contributed by atoms with Crippen LogP contribution in [-0.4, -0.2) is 29.6 Å². The van der Waals surface area contributed by atoms with Crippen molar-refractivity contribution in [2.45, 2.75) is 20.4 Å². The van der Waals surface area contributed by atoms with Gasteiger partial charge in [0.05, 0.1) is 12.5 Å². The quantitative estimate of drug-likeness (QED) is 0.661. The van der Waals surface area contributed by atoms with Gasteiger partial charge in [0.15, 0.2) is 0 Å². The van der Waals surface area contributed by atoms with Crippen molar-refractivity contribution < 1.29 is 9.53 Å². The van der Waals surface area contributed by atoms with Gasteiger partial charge < -0.3 is 9.64 Å². The number of aryl methyl sites for hydroxylation is 1. The molecule has 3 aromatic rings. The molecule has 0 N–H and O–H groups in total. The Balaban J connectivity index is 2.07. The van der Waals surface area contributed by atoms with E-state index in [0.717, 1.165) is 34.7 Å². The molecule has 0 aliphatic carbocycles. The predicted octanol–water partition coefficient (Wildman–Crippen LogP) is 3.81. The highest BCUT2D eigenvalue weighted by molar-refractivity contribution is 7.20. The zero-order chi connectivity index (χ0) is 17.1. The number of fused-ring (bicyclic) bond motifs is 1. The topological polar surface area (TPSA) is 55.3 Å². The Morgan fingerprint density at radius 1 is 1.25 bits per heavy atom. The Labute approximate surface area is 144 Å². The van der Waals surface area contributed by atoms with Gasteiger partial charge in [0.2, 0.25) is 0 Å². The minimum absolute atomic E-state index is 0.326. The average Bonchev–Trinajstić information content (AvgIpc) is 2.97. The number of hydrogen-bond donors (Lipinski definition) is 0. The van der Waals surface area contributed by atoms with Crippen LogP contribution in [0.5, 0.6) is 0 Å². The van der Waals surface area contributed by atoms with Gasteiger partial charge in [-0.1, -0.05) is 30.3 Å². The third-order valence-corrected chi connectivity index (χ3v) is 5.15. The Morgan fingerprint density at radius 3 is 2.67 bits per heavy atom. The van der Waals surface area contributed by atoms with Crippen LogP contribution in [0.1, 0.15) is 27.7 Å². The van der Waals surface area contributed by atoms with E-state index in [0.29, 0.717) is 4.88 Å². The number of ether oxygens (including phenoxy) is 1. The largest absolute Gasteiger partial charge is 0.465 e. The van der Waals surface area contributed by atoms with Gasteiger partial charge in [-0.3, -0.25) is 0 Å². The normalized spacial score (nSPS) is 10.8. The van der Waals surface area contributed by atoms with Crippen LogP contribution in [0.3, 0.4) is 0 Å². The Morgan fingerprint density at radius 2 is 2.00 bits per heavy atom. The molecule has 0 radical (unpaired) electrons. The number of aromatic nitrogens is 2. The maximum absolute atomic E-state index is 12.0. The molecule has 5 nitrogen and oxygen atoms in total. The summed E-state index contributed by atoms with van der Waals surface area (Å²) in [5, 5.41) is 0.931. The van der Waals surface area contributed by atoms with Gasteiger partial charge in [0.1, 0.15) is 21.9 Å². The Kier molecular flexibility index (Phi) is 4.76. The number of carbonyl (C=O) groups excluding carboxylic acids is 1. The van der Waals surface area contributed by atoms with Crippen LogP contribution < -0.4 is 4.90 Å². The summed E-state index contributed by atoms with van der Waals surface area (Å²) in [6.45, 7) is 5.59. The fraction of sp³-hybridized carbons (Fsp3) is 0.278. The number of hydrogen-bond acceptors (Lipinski definition) is 6. The van der Waals surface area contributed by atoms with Crippen molar-refractivity contribution >= 4 is 33.3 Å². The van der Waals surface area contributed by atoms with Crippen LogP contribution in [0.2, 0.25) is 0 Å². The highest BCUT2D eigenvalue weighted by Gasteiger charge is 2.21. The molecule has 3 rings (SSSR count). The molecule has 24 heavy (non-hydrogen) atoms. The molecule has 0 bridgehead atoms. The number of thiophene rings is 1. The smallest absolute Gasteiger partial charge is 0.348 e. The van der Waals surface area contributed by atoms with Crippen LogP contribution in [0.25, 0.3) is 10.2 Å². The van der Waals surface area contributed by atoms with Crippen LogP contribution in [0, 0.1) is 6.92 Å². The SMILES string of the molecule is CCN(Cc1ccccc1)c1ncnc2sc(C(=O)OC)c(C)c12. The molecule has 0 unspecified atom stereocenters. The summed E-state index contributed by atoms with van der Waals surface area (Å²) in [4.78, 5) is 24.4. The first-order valence-corrected chi connectivity index (χ1v) is 8.58. The van der Waals surface area contributed by atoms with Crippen molar-refractivity contribution in [1.29, 1.82) is 0 Å². The van der Waals surface area contributed by atoms with Crippen LogP contribution in [0.4, 0.5) is 5.82 Å². The first-order chi connectivity index (χ1) is 11.7. The van der Waals surface area contributed by atoms with E-state index in [1.54, 1.807) is 6.33 Å². The Bertz CT molecular complexity index is 861. The van der Waals surface area contributed by atoms with E-state index in [4.69, 9.17) is 4.74 Å². The highest BCUT2D eigenvalue weighted by atomic mass is 32.1. The number of esters is 1. The first-order valence-electron chi connectivity index (χ1n) is 7.77. The van der Waals surface area contributed by atoms with Crippen molar-refractivity contribution in [2.24, 2.45) is 0 Å². The molecule has 1 aromatic carbocycles. The molecule has 0 aliphatic heterocycles. The number of anilines is 1. The summed E-state index contributed by atoms with van der Waals surface area (Å²) in [6.07, 6.45) is 1.56. The van der Waals surface area contributed by atoms with Crippen LogP contribution in [-0.2, 0) is 11.3 Å². The van der Waals surface area contributed by atoms with E-state index in [2.05, 4.69) is 33.9 Å². The average molecular weight is 341 g/mol. The maximum atomic E-state index is 12.0. The second-order valence-corrected chi connectivity index (χ2v) is 6.42. The molecule has 0 amide bonds. The molecular formula is C18H19N3O2S. The lowest BCUT2D eigenvalue weighted by molar-refractivity contribution is 0.0605. The lowest BCUT2D eigenvalue weighted by atomic mass is 10.1. The molecule has 0 spiro atoms. The van der Waals surface area contributed by atoms with Gasteiger partial charge >= 0.3 is 5.97 Å². The zero-order valence-corrected chi connectivity index (χ0v) is 14.8. The third-order valence-electron chi connectivity index (χ3n) is 3.98. The third kappa shape index (κ3) is 2.97. The van der Waals surface area contributed by atoms with Crippen molar-refractivity contribution in [3.63, 3.8) is 0 Å². The summed E-state index contributed by atoms with van der Waals surface area (Å²) >= 11 is 1.35. The highest BCUT2D eigenvalue weighted by Crippen LogP contribution is 2.35. The molecule has 0 fully saturated rings. The fourth-order valence-corrected chi connectivity index (χ4v) is 3.78. The number of benzene rings is 1. The number of rotatable bonds is 5. The lowest BCUT2D eigenvalue weighted by Crippen LogP contribution is -2.23. The zero-order valence-electron chi connectivity index (χ0n) is 13.9. The maximum Gasteiger partial charge on any atom is 0.348 e. The van der Waals surface area contributed by atoms with Crippen molar-refractivity contribution in [1.82, 2.24) is 9.97 Å². The van der Waals surface area contributed by atoms with Crippen molar-refractivity contribution in [2.75, 3.05) is 18.6 Å². The summed E-state index contributed by atoms with van der Waals surface area (Å²) in [6, 6.07) is 10.3. The summed E-state index contributed by atoms with van der Waals surface area (Å²) < 4.78 is 4.88. The molecule has 124 valence electrons. The van der Waals surface area contributed by atoms with E-state index in [-0.39, 0.29) is 5.97 Å². The second kappa shape index (κ2) is 6.97. The molecule has 0 saturated carbocycles. The number of nitrogens with zero attached hydrogens (tertiary/aromatic N) is 3. The summed E-state index contributed by atoms with van der Waals surface area (Å²) in [5.41, 5.74) is 2.09. The number of methoxy groups -OCH3 is 1. The summed E-state index contributed by atoms with van der Waals surface area (Å²) in [5.74, 6) is 0.530. The number of carbonyl (C=O) groups is 1. The molecule has 0 atom stereocenters. The molecule has 6 heteroatoms. The minimum Gasteiger partial charge on any atom is -0.465 e. The van der Waals surface area contributed by atoms with Crippen LogP contribution >= 0.6 is 11.3 Å². The van der Waals surface area contributed by atoms with Gasteiger partial charge in [-0.15, -0.1) is 11.3 Å².